The van der Waals surface area contributed by atoms with E-state index >= 15 is 0 Å². The van der Waals surface area contributed by atoms with E-state index < -0.39 is 10.1 Å². The molecule has 1 heterocycles. The smallest absolute Gasteiger partial charge is 0.102 e. The molecular formula is C14H27NO3S. The zero-order valence-electron chi connectivity index (χ0n) is 12.3. The summed E-state index contributed by atoms with van der Waals surface area (Å²) in [7, 11) is -3.92. The van der Waals surface area contributed by atoms with Gasteiger partial charge in [0, 0.05) is 17.9 Å². The second-order valence-corrected chi connectivity index (χ2v) is 6.30. The number of hydrogen-bond acceptors (Lipinski definition) is 3. The van der Waals surface area contributed by atoms with Crippen molar-refractivity contribution < 1.29 is 17.9 Å². The number of hydrogen-bond donors (Lipinski definition) is 1. The Morgan fingerprint density at radius 2 is 1.74 bits per heavy atom. The lowest BCUT2D eigenvalue weighted by atomic mass is 10.1. The summed E-state index contributed by atoms with van der Waals surface area (Å²) in [5, 5.41) is 0. The van der Waals surface area contributed by atoms with Gasteiger partial charge in [0.05, 0.1) is 22.9 Å². The predicted molar refractivity (Wildman–Crippen MR) is 77.7 cm³/mol. The first-order valence-electron chi connectivity index (χ1n) is 7.02. The van der Waals surface area contributed by atoms with Gasteiger partial charge in [-0.3, -0.25) is 4.90 Å². The highest BCUT2D eigenvalue weighted by Crippen LogP contribution is 2.08. The van der Waals surface area contributed by atoms with Gasteiger partial charge in [0.2, 0.25) is 0 Å². The first kappa shape index (κ1) is 18.4. The van der Waals surface area contributed by atoms with E-state index in [1.54, 1.807) is 10.5 Å². The summed E-state index contributed by atoms with van der Waals surface area (Å²) in [6.07, 6.45) is 15.6. The number of quaternary nitrogens is 1. The molecule has 0 saturated carbocycles. The summed E-state index contributed by atoms with van der Waals surface area (Å²) in [5.41, 5.74) is 1.54. The van der Waals surface area contributed by atoms with Crippen molar-refractivity contribution in [2.45, 2.75) is 52.4 Å². The Morgan fingerprint density at radius 1 is 1.16 bits per heavy atom. The number of rotatable bonds is 7. The van der Waals surface area contributed by atoms with Gasteiger partial charge in [-0.1, -0.05) is 26.7 Å². The highest BCUT2D eigenvalue weighted by Gasteiger charge is 2.09. The molecule has 0 radical (unpaired) electrons. The minimum absolute atomic E-state index is 0.604. The highest BCUT2D eigenvalue weighted by atomic mass is 32.2. The maximum Gasteiger partial charge on any atom is 0.102 e. The third-order valence-corrected chi connectivity index (χ3v) is 2.77. The topological polar surface area (TPSA) is 61.6 Å². The molecule has 1 N–H and O–H groups in total. The normalized spacial score (nSPS) is 17.9. The Balaban J connectivity index is 0.000000555. The summed E-state index contributed by atoms with van der Waals surface area (Å²) < 4.78 is 27.2. The summed E-state index contributed by atoms with van der Waals surface area (Å²) in [5.74, 6) is 0. The van der Waals surface area contributed by atoms with Crippen LogP contribution in [0.1, 0.15) is 52.4 Å². The van der Waals surface area contributed by atoms with Crippen LogP contribution < -0.4 is 4.90 Å². The van der Waals surface area contributed by atoms with Gasteiger partial charge >= 0.3 is 0 Å². The average Bonchev–Trinajstić information content (AvgIpc) is 2.72. The van der Waals surface area contributed by atoms with E-state index in [4.69, 9.17) is 13.0 Å². The lowest BCUT2D eigenvalue weighted by Gasteiger charge is -2.05. The molecule has 5 heteroatoms. The summed E-state index contributed by atoms with van der Waals surface area (Å²) in [4.78, 5) is 1.55. The fraction of sp³-hybridized carbons (Fsp3) is 0.714. The third-order valence-electron chi connectivity index (χ3n) is 2.77. The van der Waals surface area contributed by atoms with Crippen molar-refractivity contribution in [3.05, 3.63) is 24.0 Å². The van der Waals surface area contributed by atoms with Crippen LogP contribution in [0.25, 0.3) is 0 Å². The van der Waals surface area contributed by atoms with Crippen LogP contribution in [0, 0.1) is 0 Å². The van der Waals surface area contributed by atoms with Crippen LogP contribution in [0.3, 0.4) is 0 Å². The minimum atomic E-state index is -3.92. The van der Waals surface area contributed by atoms with Crippen LogP contribution in [0.2, 0.25) is 0 Å². The number of nitrogens with one attached hydrogen (secondary N) is 1. The van der Waals surface area contributed by atoms with E-state index in [0.29, 0.717) is 6.26 Å². The molecular weight excluding hydrogens is 262 g/mol. The second kappa shape index (κ2) is 10.2. The molecule has 0 aromatic heterocycles. The predicted octanol–water partition coefficient (Wildman–Crippen LogP) is 1.82. The lowest BCUT2D eigenvalue weighted by molar-refractivity contribution is -0.788. The largest absolute Gasteiger partial charge is 0.748 e. The van der Waals surface area contributed by atoms with E-state index in [9.17, 15) is 0 Å². The van der Waals surface area contributed by atoms with Crippen molar-refractivity contribution in [1.29, 1.82) is 0 Å². The molecule has 1 unspecified atom stereocenters. The summed E-state index contributed by atoms with van der Waals surface area (Å²) in [6.45, 7) is 5.79. The molecule has 0 aromatic rings. The van der Waals surface area contributed by atoms with Crippen molar-refractivity contribution in [3.8, 4) is 0 Å². The molecule has 4 nitrogen and oxygen atoms in total. The van der Waals surface area contributed by atoms with Crippen molar-refractivity contribution in [2.24, 2.45) is 0 Å². The first-order valence-corrected chi connectivity index (χ1v) is 8.83. The van der Waals surface area contributed by atoms with Gasteiger partial charge in [-0.15, -0.1) is 0 Å². The molecule has 0 spiro atoms. The van der Waals surface area contributed by atoms with Gasteiger partial charge in [-0.05, 0) is 25.7 Å². The molecule has 19 heavy (non-hydrogen) atoms. The Kier molecular flexibility index (Phi) is 9.83. The first-order chi connectivity index (χ1) is 8.86. The standard InChI is InChI=1S/C13H23N.CH4O3S/c1-3-5-7-10-14-11-9-13(12-14)8-6-4-2;1-5(2,3)4/h9,11-12H,3-8,10H2,1-2H3;1H3,(H,2,3,4). The molecule has 0 aliphatic carbocycles. The van der Waals surface area contributed by atoms with Gasteiger partial charge in [0.1, 0.15) is 6.20 Å². The van der Waals surface area contributed by atoms with Crippen LogP contribution in [-0.2, 0) is 10.1 Å². The molecule has 112 valence electrons. The monoisotopic (exact) mass is 289 g/mol. The fourth-order valence-electron chi connectivity index (χ4n) is 1.82. The third kappa shape index (κ3) is 13.6. The van der Waals surface area contributed by atoms with E-state index in [-0.39, 0.29) is 0 Å². The van der Waals surface area contributed by atoms with Gasteiger partial charge in [-0.2, -0.15) is 0 Å². The average molecular weight is 289 g/mol. The lowest BCUT2D eigenvalue weighted by Crippen LogP contribution is -3.01. The van der Waals surface area contributed by atoms with Gasteiger partial charge in [0.25, 0.3) is 0 Å². The summed E-state index contributed by atoms with van der Waals surface area (Å²) in [6, 6.07) is 0. The number of allylic oxidation sites excluding steroid dienone is 2. The Bertz CT molecular complexity index is 377. The van der Waals surface area contributed by atoms with Crippen LogP contribution in [-0.4, -0.2) is 25.8 Å². The van der Waals surface area contributed by atoms with Crippen LogP contribution in [0.15, 0.2) is 24.0 Å². The SMILES string of the molecule is CCCCC[NH+]1C=CC(CCCC)=C1.CS(=O)(=O)[O-]. The zero-order chi connectivity index (χ0) is 14.7. The van der Waals surface area contributed by atoms with E-state index in [1.807, 2.05) is 0 Å². The quantitative estimate of drug-likeness (QED) is 0.574. The zero-order valence-corrected chi connectivity index (χ0v) is 13.1. The molecule has 1 rings (SSSR count). The van der Waals surface area contributed by atoms with E-state index in [0.717, 1.165) is 0 Å². The highest BCUT2D eigenvalue weighted by molar-refractivity contribution is 7.84. The summed E-state index contributed by atoms with van der Waals surface area (Å²) >= 11 is 0. The molecule has 1 aliphatic heterocycles. The molecule has 1 atom stereocenters. The van der Waals surface area contributed by atoms with Crippen molar-refractivity contribution in [1.82, 2.24) is 0 Å². The number of unbranched alkanes of at least 4 members (excludes halogenated alkanes) is 3. The van der Waals surface area contributed by atoms with Crippen LogP contribution >= 0.6 is 0 Å². The minimum Gasteiger partial charge on any atom is -0.748 e. The van der Waals surface area contributed by atoms with E-state index in [2.05, 4.69) is 32.3 Å². The molecule has 0 amide bonds. The fourth-order valence-corrected chi connectivity index (χ4v) is 1.82. The van der Waals surface area contributed by atoms with Gasteiger partial charge in [-0.25, -0.2) is 8.42 Å². The Labute approximate surface area is 117 Å². The van der Waals surface area contributed by atoms with Gasteiger partial charge < -0.3 is 4.55 Å². The molecule has 0 saturated heterocycles. The van der Waals surface area contributed by atoms with Crippen molar-refractivity contribution in [3.63, 3.8) is 0 Å². The Hall–Kier alpha value is -0.650. The van der Waals surface area contributed by atoms with Crippen molar-refractivity contribution in [2.75, 3.05) is 12.8 Å². The Morgan fingerprint density at radius 3 is 2.26 bits per heavy atom. The molecule has 0 aromatic carbocycles. The van der Waals surface area contributed by atoms with E-state index in [1.165, 1.54) is 45.1 Å². The van der Waals surface area contributed by atoms with Crippen molar-refractivity contribution >= 4 is 10.1 Å². The van der Waals surface area contributed by atoms with Gasteiger partial charge in [0.15, 0.2) is 0 Å². The van der Waals surface area contributed by atoms with Crippen LogP contribution in [0.4, 0.5) is 0 Å². The molecule has 1 aliphatic rings. The second-order valence-electron chi connectivity index (χ2n) is 4.89. The molecule has 0 fully saturated rings. The maximum absolute atomic E-state index is 9.08. The van der Waals surface area contributed by atoms with Crippen LogP contribution in [0.5, 0.6) is 0 Å². The maximum atomic E-state index is 9.08. The molecule has 0 bridgehead atoms.